The van der Waals surface area contributed by atoms with Gasteiger partial charge in [-0.1, -0.05) is 0 Å². The lowest BCUT2D eigenvalue weighted by Crippen LogP contribution is -2.38. The molecule has 7 heteroatoms. The molecule has 0 radical (unpaired) electrons. The number of ether oxygens (including phenoxy) is 1. The average Bonchev–Trinajstić information content (AvgIpc) is 2.38. The topological polar surface area (TPSA) is 89.7 Å². The van der Waals surface area contributed by atoms with Crippen molar-refractivity contribution in [1.82, 2.24) is 4.90 Å². The fourth-order valence-electron chi connectivity index (χ4n) is 1.90. The molecule has 1 aliphatic heterocycles. The maximum Gasteiger partial charge on any atom is 0.410 e. The van der Waals surface area contributed by atoms with Gasteiger partial charge in [-0.2, -0.15) is 0 Å². The Kier molecular flexibility index (Phi) is 4.61. The first-order valence-electron chi connectivity index (χ1n) is 6.09. The Morgan fingerprint density at radius 3 is 2.39 bits per heavy atom. The van der Waals surface area contributed by atoms with Crippen molar-refractivity contribution < 1.29 is 17.9 Å². The van der Waals surface area contributed by atoms with Gasteiger partial charge in [-0.05, 0) is 40.0 Å². The maximum atomic E-state index is 11.8. The molecule has 1 fully saturated rings. The molecule has 1 aliphatic rings. The predicted octanol–water partition coefficient (Wildman–Crippen LogP) is 1.06. The van der Waals surface area contributed by atoms with Gasteiger partial charge in [-0.25, -0.2) is 18.4 Å². The Labute approximate surface area is 109 Å². The normalized spacial score (nSPS) is 22.4. The van der Waals surface area contributed by atoms with Crippen LogP contribution in [-0.4, -0.2) is 43.4 Å². The number of rotatable bonds is 1. The number of sulfonamides is 1. The molecular formula is C11H22N2O4S. The lowest BCUT2D eigenvalue weighted by atomic mass is 10.2. The monoisotopic (exact) mass is 278 g/mol. The molecule has 106 valence electrons. The number of primary sulfonamides is 1. The third-order valence-electron chi connectivity index (χ3n) is 2.79. The lowest BCUT2D eigenvalue weighted by Gasteiger charge is -2.26. The highest BCUT2D eigenvalue weighted by molar-refractivity contribution is 7.89. The smallest absolute Gasteiger partial charge is 0.410 e. The van der Waals surface area contributed by atoms with E-state index >= 15 is 0 Å². The minimum absolute atomic E-state index is 0.371. The summed E-state index contributed by atoms with van der Waals surface area (Å²) in [7, 11) is -3.51. The third-order valence-corrected chi connectivity index (χ3v) is 4.19. The Morgan fingerprint density at radius 2 is 1.89 bits per heavy atom. The van der Waals surface area contributed by atoms with Crippen molar-refractivity contribution in [1.29, 1.82) is 0 Å². The summed E-state index contributed by atoms with van der Waals surface area (Å²) >= 11 is 0. The fourth-order valence-corrected chi connectivity index (χ4v) is 2.83. The van der Waals surface area contributed by atoms with E-state index in [1.807, 2.05) is 0 Å². The van der Waals surface area contributed by atoms with E-state index in [0.717, 1.165) is 0 Å². The van der Waals surface area contributed by atoms with E-state index in [-0.39, 0.29) is 0 Å². The van der Waals surface area contributed by atoms with Crippen molar-refractivity contribution in [2.75, 3.05) is 13.1 Å². The van der Waals surface area contributed by atoms with Crippen LogP contribution in [0.4, 0.5) is 4.79 Å². The molecule has 0 aliphatic carbocycles. The van der Waals surface area contributed by atoms with Gasteiger partial charge in [0.1, 0.15) is 5.60 Å². The molecule has 1 amide bonds. The first kappa shape index (κ1) is 15.2. The van der Waals surface area contributed by atoms with Gasteiger partial charge in [0.15, 0.2) is 0 Å². The van der Waals surface area contributed by atoms with Crippen molar-refractivity contribution in [3.63, 3.8) is 0 Å². The molecule has 1 saturated heterocycles. The van der Waals surface area contributed by atoms with Crippen molar-refractivity contribution in [3.05, 3.63) is 0 Å². The van der Waals surface area contributed by atoms with Crippen LogP contribution < -0.4 is 5.14 Å². The SMILES string of the molecule is CC(C)(C)OC(=O)N1CCCC(S(N)(=O)=O)CC1. The van der Waals surface area contributed by atoms with Crippen LogP contribution in [0, 0.1) is 0 Å². The summed E-state index contributed by atoms with van der Waals surface area (Å²) in [5, 5.41) is 4.59. The van der Waals surface area contributed by atoms with Gasteiger partial charge in [-0.15, -0.1) is 0 Å². The second-order valence-corrected chi connectivity index (χ2v) is 7.45. The number of amides is 1. The van der Waals surface area contributed by atoms with Crippen LogP contribution in [0.25, 0.3) is 0 Å². The van der Waals surface area contributed by atoms with Gasteiger partial charge in [0.25, 0.3) is 0 Å². The molecule has 1 unspecified atom stereocenters. The molecule has 0 saturated carbocycles. The van der Waals surface area contributed by atoms with Gasteiger partial charge in [0.2, 0.25) is 10.0 Å². The molecular weight excluding hydrogens is 256 g/mol. The zero-order valence-electron chi connectivity index (χ0n) is 11.2. The van der Waals surface area contributed by atoms with E-state index < -0.39 is 27.0 Å². The zero-order chi connectivity index (χ0) is 14.0. The van der Waals surface area contributed by atoms with Crippen LogP contribution in [0.15, 0.2) is 0 Å². The van der Waals surface area contributed by atoms with Crippen LogP contribution in [0.2, 0.25) is 0 Å². The minimum Gasteiger partial charge on any atom is -0.444 e. The summed E-state index contributed by atoms with van der Waals surface area (Å²) in [6.45, 7) is 6.29. The van der Waals surface area contributed by atoms with Crippen LogP contribution in [0.3, 0.4) is 0 Å². The van der Waals surface area contributed by atoms with E-state index in [4.69, 9.17) is 9.88 Å². The lowest BCUT2D eigenvalue weighted by molar-refractivity contribution is 0.0257. The van der Waals surface area contributed by atoms with Crippen molar-refractivity contribution in [2.24, 2.45) is 5.14 Å². The number of nitrogens with zero attached hydrogens (tertiary/aromatic N) is 1. The molecule has 1 rings (SSSR count). The van der Waals surface area contributed by atoms with E-state index in [0.29, 0.717) is 32.4 Å². The van der Waals surface area contributed by atoms with Gasteiger partial charge < -0.3 is 9.64 Å². The van der Waals surface area contributed by atoms with Crippen LogP contribution in [0.5, 0.6) is 0 Å². The van der Waals surface area contributed by atoms with E-state index in [9.17, 15) is 13.2 Å². The Bertz CT molecular complexity index is 400. The van der Waals surface area contributed by atoms with Gasteiger partial charge in [0.05, 0.1) is 5.25 Å². The van der Waals surface area contributed by atoms with E-state index in [1.165, 1.54) is 0 Å². The van der Waals surface area contributed by atoms with E-state index in [1.54, 1.807) is 25.7 Å². The predicted molar refractivity (Wildman–Crippen MR) is 68.6 cm³/mol. The van der Waals surface area contributed by atoms with Crippen LogP contribution in [0.1, 0.15) is 40.0 Å². The number of carbonyl (C=O) groups is 1. The number of carbonyl (C=O) groups excluding carboxylic acids is 1. The molecule has 0 aromatic rings. The quantitative estimate of drug-likeness (QED) is 0.776. The van der Waals surface area contributed by atoms with E-state index in [2.05, 4.69) is 0 Å². The number of hydrogen-bond donors (Lipinski definition) is 1. The maximum absolute atomic E-state index is 11.8. The summed E-state index contributed by atoms with van der Waals surface area (Å²) < 4.78 is 27.8. The van der Waals surface area contributed by atoms with Gasteiger partial charge in [0, 0.05) is 13.1 Å². The highest BCUT2D eigenvalue weighted by atomic mass is 32.2. The Morgan fingerprint density at radius 1 is 1.28 bits per heavy atom. The molecule has 1 atom stereocenters. The van der Waals surface area contributed by atoms with Crippen LogP contribution in [-0.2, 0) is 14.8 Å². The summed E-state index contributed by atoms with van der Waals surface area (Å²) in [4.78, 5) is 13.4. The van der Waals surface area contributed by atoms with Gasteiger partial charge >= 0.3 is 6.09 Å². The first-order chi connectivity index (χ1) is 8.09. The number of nitrogens with two attached hydrogens (primary N) is 1. The molecule has 0 aromatic heterocycles. The van der Waals surface area contributed by atoms with Crippen LogP contribution >= 0.6 is 0 Å². The molecule has 0 spiro atoms. The number of hydrogen-bond acceptors (Lipinski definition) is 4. The zero-order valence-corrected chi connectivity index (χ0v) is 12.0. The summed E-state index contributed by atoms with van der Waals surface area (Å²) in [6.07, 6.45) is 1.11. The average molecular weight is 278 g/mol. The molecule has 18 heavy (non-hydrogen) atoms. The second-order valence-electron chi connectivity index (χ2n) is 5.61. The second kappa shape index (κ2) is 5.44. The summed E-state index contributed by atoms with van der Waals surface area (Å²) in [6, 6.07) is 0. The highest BCUT2D eigenvalue weighted by Gasteiger charge is 2.29. The molecule has 0 aromatic carbocycles. The highest BCUT2D eigenvalue weighted by Crippen LogP contribution is 2.18. The molecule has 0 bridgehead atoms. The fraction of sp³-hybridized carbons (Fsp3) is 0.909. The Hall–Kier alpha value is -0.820. The van der Waals surface area contributed by atoms with Crippen molar-refractivity contribution in [2.45, 2.75) is 50.9 Å². The largest absolute Gasteiger partial charge is 0.444 e. The third kappa shape index (κ3) is 4.81. The van der Waals surface area contributed by atoms with Crippen molar-refractivity contribution >= 4 is 16.1 Å². The molecule has 1 heterocycles. The summed E-state index contributed by atoms with van der Waals surface area (Å²) in [5.74, 6) is 0. The molecule has 6 nitrogen and oxygen atoms in total. The van der Waals surface area contributed by atoms with Crippen molar-refractivity contribution in [3.8, 4) is 0 Å². The standard InChI is InChI=1S/C11H22N2O4S/c1-11(2,3)17-10(14)13-7-4-5-9(6-8-13)18(12,15)16/h9H,4-8H2,1-3H3,(H2,12,15,16). The van der Waals surface area contributed by atoms with Gasteiger partial charge in [-0.3, -0.25) is 0 Å². The number of likely N-dealkylation sites (tertiary alicyclic amines) is 1. The molecule has 2 N–H and O–H groups in total. The minimum atomic E-state index is -3.51. The Balaban J connectivity index is 2.60. The first-order valence-corrected chi connectivity index (χ1v) is 7.70. The summed E-state index contributed by atoms with van der Waals surface area (Å²) in [5.41, 5.74) is -0.539.